The summed E-state index contributed by atoms with van der Waals surface area (Å²) in [5.41, 5.74) is 0. The van der Waals surface area contributed by atoms with Crippen LogP contribution in [0, 0.1) is 0 Å². The molecule has 0 spiro atoms. The fraction of sp³-hybridized carbons (Fsp3) is 0. The van der Waals surface area contributed by atoms with E-state index in [1.165, 1.54) is 0 Å². The average molecular weight is 197 g/mol. The van der Waals surface area contributed by atoms with Crippen LogP contribution in [0.2, 0.25) is 0 Å². The number of phosphoric acid groups is 1. The van der Waals surface area contributed by atoms with Crippen LogP contribution in [0.5, 0.6) is 0 Å². The quantitative estimate of drug-likeness (QED) is 0.350. The average Bonchev–Trinajstić information content (AvgIpc) is 0.722. The van der Waals surface area contributed by atoms with Crippen LogP contribution < -0.4 is 0 Å². The van der Waals surface area contributed by atoms with E-state index in [1.54, 1.807) is 0 Å². The fourth-order valence-corrected chi connectivity index (χ4v) is 0. The summed E-state index contributed by atoms with van der Waals surface area (Å²) in [4.78, 5) is 21.6. The predicted octanol–water partition coefficient (Wildman–Crippen LogP) is -0.818. The molecule has 0 bridgehead atoms. The fourth-order valence-electron chi connectivity index (χ4n) is 0. The first-order valence-corrected chi connectivity index (χ1v) is 2.35. The minimum atomic E-state index is -4.64. The molecule has 0 rings (SSSR count). The summed E-state index contributed by atoms with van der Waals surface area (Å²) in [6, 6.07) is 0. The van der Waals surface area contributed by atoms with E-state index in [0.29, 0.717) is 0 Å². The SMILES string of the molecule is O=P(O)(O)O.S.[Zn]. The molecule has 0 saturated heterocycles. The molecule has 0 aliphatic rings. The molecule has 0 amide bonds. The minimum absolute atomic E-state index is 0. The third kappa shape index (κ3) is 156. The van der Waals surface area contributed by atoms with Crippen molar-refractivity contribution in [1.29, 1.82) is 0 Å². The molecule has 0 unspecified atom stereocenters. The summed E-state index contributed by atoms with van der Waals surface area (Å²) in [6.07, 6.45) is 0. The van der Waals surface area contributed by atoms with Crippen molar-refractivity contribution in [2.24, 2.45) is 0 Å². The Hall–Kier alpha value is 1.08. The number of hydrogen-bond acceptors (Lipinski definition) is 1. The Morgan fingerprint density at radius 1 is 1.14 bits per heavy atom. The van der Waals surface area contributed by atoms with Crippen molar-refractivity contribution in [1.82, 2.24) is 0 Å². The summed E-state index contributed by atoms with van der Waals surface area (Å²) in [6.45, 7) is 0. The Morgan fingerprint density at radius 2 is 1.14 bits per heavy atom. The van der Waals surface area contributed by atoms with E-state index in [4.69, 9.17) is 19.2 Å². The van der Waals surface area contributed by atoms with Crippen LogP contribution in [0.25, 0.3) is 0 Å². The summed E-state index contributed by atoms with van der Waals surface area (Å²) in [5, 5.41) is 0. The van der Waals surface area contributed by atoms with Gasteiger partial charge >= 0.3 is 7.82 Å². The molecule has 4 nitrogen and oxygen atoms in total. The van der Waals surface area contributed by atoms with E-state index < -0.39 is 7.82 Å². The van der Waals surface area contributed by atoms with Crippen LogP contribution in [0.15, 0.2) is 0 Å². The summed E-state index contributed by atoms with van der Waals surface area (Å²) >= 11 is 0. The Morgan fingerprint density at radius 3 is 1.14 bits per heavy atom. The standard InChI is InChI=1S/H3O4P.H2S.Zn/c1-5(2,3)4;;/h(H3,1,2,3,4);1H2;. The predicted molar refractivity (Wildman–Crippen MR) is 24.6 cm³/mol. The van der Waals surface area contributed by atoms with Crippen molar-refractivity contribution >= 4 is 21.3 Å². The van der Waals surface area contributed by atoms with Gasteiger partial charge in [-0.2, -0.15) is 13.5 Å². The zero-order valence-electron chi connectivity index (χ0n) is 3.40. The van der Waals surface area contributed by atoms with Crippen LogP contribution in [-0.4, -0.2) is 14.7 Å². The maximum Gasteiger partial charge on any atom is 0.466 e. The zero-order valence-corrected chi connectivity index (χ0v) is 8.27. The molecule has 0 heterocycles. The van der Waals surface area contributed by atoms with E-state index >= 15 is 0 Å². The molecule has 0 aromatic rings. The monoisotopic (exact) mass is 196 g/mol. The molecule has 3 N–H and O–H groups in total. The van der Waals surface area contributed by atoms with Crippen molar-refractivity contribution in [3.05, 3.63) is 0 Å². The van der Waals surface area contributed by atoms with E-state index in [-0.39, 0.29) is 33.0 Å². The summed E-state index contributed by atoms with van der Waals surface area (Å²) < 4.78 is 8.88. The summed E-state index contributed by atoms with van der Waals surface area (Å²) in [7, 11) is -4.64. The van der Waals surface area contributed by atoms with Gasteiger partial charge in [0, 0.05) is 19.5 Å². The normalized spacial score (nSPS) is 8.43. The van der Waals surface area contributed by atoms with Gasteiger partial charge in [0.25, 0.3) is 0 Å². The van der Waals surface area contributed by atoms with Gasteiger partial charge in [-0.25, -0.2) is 4.57 Å². The topological polar surface area (TPSA) is 77.8 Å². The van der Waals surface area contributed by atoms with E-state index in [0.717, 1.165) is 0 Å². The van der Waals surface area contributed by atoms with Crippen LogP contribution in [0.4, 0.5) is 0 Å². The van der Waals surface area contributed by atoms with Gasteiger partial charge in [0.2, 0.25) is 0 Å². The van der Waals surface area contributed by atoms with Gasteiger partial charge < -0.3 is 14.7 Å². The molecule has 0 fully saturated rings. The molecule has 7 heavy (non-hydrogen) atoms. The Bertz CT molecular complexity index is 57.8. The first-order valence-electron chi connectivity index (χ1n) is 0.783. The van der Waals surface area contributed by atoms with Crippen LogP contribution in [0.1, 0.15) is 0 Å². The Labute approximate surface area is 60.4 Å². The second-order valence-electron chi connectivity index (χ2n) is 0.513. The van der Waals surface area contributed by atoms with Gasteiger partial charge in [-0.3, -0.25) is 0 Å². The maximum absolute atomic E-state index is 8.88. The molecule has 7 heteroatoms. The van der Waals surface area contributed by atoms with Crippen molar-refractivity contribution in [2.75, 3.05) is 0 Å². The first-order chi connectivity index (χ1) is 2.00. The molecule has 0 aromatic carbocycles. The van der Waals surface area contributed by atoms with Gasteiger partial charge in [-0.05, 0) is 0 Å². The summed E-state index contributed by atoms with van der Waals surface area (Å²) in [5.74, 6) is 0. The molecule has 0 aliphatic carbocycles. The van der Waals surface area contributed by atoms with Crippen molar-refractivity contribution in [3.63, 3.8) is 0 Å². The zero-order chi connectivity index (χ0) is 4.50. The number of rotatable bonds is 0. The van der Waals surface area contributed by atoms with E-state index in [9.17, 15) is 0 Å². The maximum atomic E-state index is 8.88. The molecular weight excluding hydrogens is 192 g/mol. The van der Waals surface area contributed by atoms with Gasteiger partial charge in [-0.15, -0.1) is 0 Å². The minimum Gasteiger partial charge on any atom is -0.303 e. The third-order valence-corrected chi connectivity index (χ3v) is 0. The largest absolute Gasteiger partial charge is 0.466 e. The van der Waals surface area contributed by atoms with Gasteiger partial charge in [0.1, 0.15) is 0 Å². The second-order valence-corrected chi connectivity index (χ2v) is 1.54. The number of hydrogen-bond donors (Lipinski definition) is 3. The van der Waals surface area contributed by atoms with Crippen LogP contribution in [0.3, 0.4) is 0 Å². The van der Waals surface area contributed by atoms with Crippen molar-refractivity contribution in [2.45, 2.75) is 0 Å². The van der Waals surface area contributed by atoms with Crippen molar-refractivity contribution < 1.29 is 38.7 Å². The molecule has 42 valence electrons. The van der Waals surface area contributed by atoms with E-state index in [1.807, 2.05) is 0 Å². The Balaban J connectivity index is -0.0000000800. The van der Waals surface area contributed by atoms with E-state index in [2.05, 4.69) is 0 Å². The van der Waals surface area contributed by atoms with Crippen LogP contribution >= 0.6 is 21.3 Å². The van der Waals surface area contributed by atoms with Crippen LogP contribution in [-0.2, 0) is 24.0 Å². The van der Waals surface area contributed by atoms with Gasteiger partial charge in [-0.1, -0.05) is 0 Å². The molecule has 0 atom stereocenters. The molecule has 0 saturated carbocycles. The smallest absolute Gasteiger partial charge is 0.303 e. The van der Waals surface area contributed by atoms with Gasteiger partial charge in [0.05, 0.1) is 0 Å². The molecule has 0 aromatic heterocycles. The third-order valence-electron chi connectivity index (χ3n) is 0. The molecular formula is H5O4PSZn. The molecule has 0 radical (unpaired) electrons. The first kappa shape index (κ1) is 15.7. The van der Waals surface area contributed by atoms with Gasteiger partial charge in [0.15, 0.2) is 0 Å². The molecule has 0 aliphatic heterocycles. The van der Waals surface area contributed by atoms with Crippen molar-refractivity contribution in [3.8, 4) is 0 Å². The Kier molecular flexibility index (Phi) is 11.7. The second kappa shape index (κ2) is 5.22.